The van der Waals surface area contributed by atoms with Crippen molar-refractivity contribution in [2.24, 2.45) is 5.41 Å². The second-order valence-corrected chi connectivity index (χ2v) is 9.26. The summed E-state index contributed by atoms with van der Waals surface area (Å²) < 4.78 is 5.46. The van der Waals surface area contributed by atoms with Crippen LogP contribution in [0.2, 0.25) is 0 Å². The van der Waals surface area contributed by atoms with E-state index in [4.69, 9.17) is 10.00 Å². The van der Waals surface area contributed by atoms with Crippen LogP contribution in [0, 0.1) is 16.7 Å². The minimum atomic E-state index is -0.794. The van der Waals surface area contributed by atoms with Crippen LogP contribution in [0.25, 0.3) is 16.7 Å². The van der Waals surface area contributed by atoms with E-state index < -0.39 is 5.97 Å². The van der Waals surface area contributed by atoms with E-state index in [-0.39, 0.29) is 22.2 Å². The molecule has 2 aromatic carbocycles. The van der Waals surface area contributed by atoms with Gasteiger partial charge in [0.05, 0.1) is 0 Å². The first-order valence-corrected chi connectivity index (χ1v) is 9.78. The summed E-state index contributed by atoms with van der Waals surface area (Å²) in [6, 6.07) is 14.9. The van der Waals surface area contributed by atoms with Crippen molar-refractivity contribution in [1.82, 2.24) is 15.0 Å². The van der Waals surface area contributed by atoms with Gasteiger partial charge in [0.2, 0.25) is 0 Å². The van der Waals surface area contributed by atoms with E-state index in [1.807, 2.05) is 36.4 Å². The first-order chi connectivity index (χ1) is 14.0. The molecule has 6 heteroatoms. The maximum absolute atomic E-state index is 12.2. The molecule has 1 heterocycles. The van der Waals surface area contributed by atoms with Gasteiger partial charge in [-0.25, -0.2) is 4.79 Å². The molecular formula is C24H26N4O2. The van der Waals surface area contributed by atoms with E-state index >= 15 is 0 Å². The van der Waals surface area contributed by atoms with E-state index in [1.165, 1.54) is 4.80 Å². The van der Waals surface area contributed by atoms with Crippen LogP contribution in [0.15, 0.2) is 54.6 Å². The number of nitrogens with zero attached hydrogens (tertiary/aromatic N) is 4. The summed E-state index contributed by atoms with van der Waals surface area (Å²) in [6.45, 7) is 14.4. The van der Waals surface area contributed by atoms with Gasteiger partial charge in [0, 0.05) is 0 Å². The van der Waals surface area contributed by atoms with Crippen molar-refractivity contribution in [2.75, 3.05) is 0 Å². The molecule has 0 N–H and O–H groups in total. The smallest absolute Gasteiger partial charge is 0.353 e. The number of hydrogen-bond donors (Lipinski definition) is 0. The zero-order valence-corrected chi connectivity index (χ0v) is 18.1. The van der Waals surface area contributed by atoms with E-state index in [2.05, 4.69) is 51.4 Å². The number of esters is 1. The Labute approximate surface area is 176 Å². The summed E-state index contributed by atoms with van der Waals surface area (Å²) in [4.78, 5) is 13.6. The average Bonchev–Trinajstić information content (AvgIpc) is 3.09. The molecule has 0 saturated carbocycles. The van der Waals surface area contributed by atoms with Gasteiger partial charge < -0.3 is 4.74 Å². The Hall–Kier alpha value is -3.46. The molecule has 0 atom stereocenters. The monoisotopic (exact) mass is 402 g/mol. The third-order valence-electron chi connectivity index (χ3n) is 4.80. The van der Waals surface area contributed by atoms with Gasteiger partial charge in [-0.3, -0.25) is 0 Å². The van der Waals surface area contributed by atoms with Crippen LogP contribution in [0.5, 0.6) is 5.75 Å². The van der Waals surface area contributed by atoms with Crippen LogP contribution in [0.1, 0.15) is 46.6 Å². The van der Waals surface area contributed by atoms with E-state index in [1.54, 1.807) is 12.1 Å². The molecule has 1 aromatic heterocycles. The zero-order chi connectivity index (χ0) is 22.1. The largest absolute Gasteiger partial charge is 0.420 e. The quantitative estimate of drug-likeness (QED) is 0.256. The Morgan fingerprint density at radius 1 is 1.10 bits per heavy atom. The molecule has 0 saturated heterocycles. The molecule has 0 aliphatic heterocycles. The third-order valence-corrected chi connectivity index (χ3v) is 4.80. The second-order valence-electron chi connectivity index (χ2n) is 9.26. The SMILES string of the molecule is C=C(C#N)C(=O)Oc1ccc(C(C)(C)CC(C)(C)C)cc1-n1nc2ccccc2n1. The number of rotatable bonds is 5. The number of fused-ring (bicyclic) bond motifs is 1. The number of ether oxygens (including phenoxy) is 1. The molecule has 0 aliphatic carbocycles. The fourth-order valence-electron chi connectivity index (χ4n) is 3.78. The van der Waals surface area contributed by atoms with Crippen molar-refractivity contribution < 1.29 is 9.53 Å². The Kier molecular flexibility index (Phi) is 5.49. The Morgan fingerprint density at radius 2 is 1.70 bits per heavy atom. The molecule has 6 nitrogen and oxygen atoms in total. The van der Waals surface area contributed by atoms with E-state index in [0.717, 1.165) is 23.0 Å². The standard InChI is InChI=1S/C24H26N4O2/c1-16(14-25)22(29)30-21-12-11-17(24(5,6)15-23(2,3)4)13-20(21)28-26-18-9-7-8-10-19(18)27-28/h7-13H,1,15H2,2-6H3. The highest BCUT2D eigenvalue weighted by Crippen LogP contribution is 2.38. The molecule has 0 aliphatic rings. The Morgan fingerprint density at radius 3 is 2.23 bits per heavy atom. The molecule has 0 fully saturated rings. The minimum Gasteiger partial charge on any atom is -0.420 e. The highest BCUT2D eigenvalue weighted by Gasteiger charge is 2.29. The van der Waals surface area contributed by atoms with Crippen LogP contribution in [0.3, 0.4) is 0 Å². The van der Waals surface area contributed by atoms with Crippen LogP contribution >= 0.6 is 0 Å². The van der Waals surface area contributed by atoms with Gasteiger partial charge in [-0.15, -0.1) is 15.0 Å². The molecule has 0 amide bonds. The van der Waals surface area contributed by atoms with Gasteiger partial charge in [-0.2, -0.15) is 5.26 Å². The van der Waals surface area contributed by atoms with Crippen LogP contribution in [-0.2, 0) is 10.2 Å². The molecule has 0 spiro atoms. The molecule has 3 aromatic rings. The van der Waals surface area contributed by atoms with Gasteiger partial charge in [-0.1, -0.05) is 59.4 Å². The lowest BCUT2D eigenvalue weighted by Crippen LogP contribution is -2.25. The minimum absolute atomic E-state index is 0.127. The lowest BCUT2D eigenvalue weighted by Gasteiger charge is -2.33. The lowest BCUT2D eigenvalue weighted by molar-refractivity contribution is -0.129. The summed E-state index contributed by atoms with van der Waals surface area (Å²) in [5.74, 6) is -0.524. The van der Waals surface area contributed by atoms with Crippen LogP contribution in [-0.4, -0.2) is 21.0 Å². The van der Waals surface area contributed by atoms with Gasteiger partial charge in [-0.05, 0) is 47.1 Å². The first kappa shape index (κ1) is 21.3. The fraction of sp³-hybridized carbons (Fsp3) is 0.333. The normalized spacial score (nSPS) is 11.9. The number of carbonyl (C=O) groups excluding carboxylic acids is 1. The van der Waals surface area contributed by atoms with Gasteiger partial charge in [0.25, 0.3) is 0 Å². The summed E-state index contributed by atoms with van der Waals surface area (Å²) in [7, 11) is 0. The zero-order valence-electron chi connectivity index (χ0n) is 18.1. The van der Waals surface area contributed by atoms with Gasteiger partial charge >= 0.3 is 5.97 Å². The maximum atomic E-state index is 12.2. The lowest BCUT2D eigenvalue weighted by atomic mass is 9.72. The second kappa shape index (κ2) is 7.75. The van der Waals surface area contributed by atoms with E-state index in [9.17, 15) is 4.79 Å². The number of nitriles is 1. The van der Waals surface area contributed by atoms with Crippen molar-refractivity contribution >= 4 is 17.0 Å². The van der Waals surface area contributed by atoms with Crippen molar-refractivity contribution in [3.8, 4) is 17.5 Å². The first-order valence-electron chi connectivity index (χ1n) is 9.78. The summed E-state index contributed by atoms with van der Waals surface area (Å²) in [6.07, 6.45) is 0.957. The van der Waals surface area contributed by atoms with Crippen molar-refractivity contribution in [1.29, 1.82) is 5.26 Å². The number of aromatic nitrogens is 3. The van der Waals surface area contributed by atoms with Crippen molar-refractivity contribution in [3.05, 3.63) is 60.2 Å². The topological polar surface area (TPSA) is 80.8 Å². The predicted molar refractivity (Wildman–Crippen MR) is 116 cm³/mol. The van der Waals surface area contributed by atoms with Crippen LogP contribution < -0.4 is 4.74 Å². The summed E-state index contributed by atoms with van der Waals surface area (Å²) in [5, 5.41) is 18.0. The number of carbonyl (C=O) groups is 1. The Balaban J connectivity index is 2.12. The predicted octanol–water partition coefficient (Wildman–Crippen LogP) is 5.12. The maximum Gasteiger partial charge on any atom is 0.353 e. The number of hydrogen-bond acceptors (Lipinski definition) is 5. The molecule has 3 rings (SSSR count). The summed E-state index contributed by atoms with van der Waals surface area (Å²) in [5.41, 5.74) is 2.82. The Bertz CT molecular complexity index is 1130. The number of benzene rings is 2. The van der Waals surface area contributed by atoms with Crippen molar-refractivity contribution in [3.63, 3.8) is 0 Å². The molecular weight excluding hydrogens is 376 g/mol. The third kappa shape index (κ3) is 4.57. The van der Waals surface area contributed by atoms with Gasteiger partial charge in [0.15, 0.2) is 5.75 Å². The molecule has 30 heavy (non-hydrogen) atoms. The molecule has 0 bridgehead atoms. The van der Waals surface area contributed by atoms with Crippen LogP contribution in [0.4, 0.5) is 0 Å². The molecule has 0 unspecified atom stereocenters. The summed E-state index contributed by atoms with van der Waals surface area (Å²) >= 11 is 0. The molecule has 154 valence electrons. The molecule has 0 radical (unpaired) electrons. The average molecular weight is 402 g/mol. The fourth-order valence-corrected chi connectivity index (χ4v) is 3.78. The highest BCUT2D eigenvalue weighted by atomic mass is 16.5. The van der Waals surface area contributed by atoms with E-state index in [0.29, 0.717) is 5.69 Å². The highest BCUT2D eigenvalue weighted by molar-refractivity contribution is 5.93. The van der Waals surface area contributed by atoms with Gasteiger partial charge in [0.1, 0.15) is 28.4 Å². The van der Waals surface area contributed by atoms with Crippen molar-refractivity contribution in [2.45, 2.75) is 46.5 Å².